The Kier molecular flexibility index (Phi) is 2.50. The number of hydrogen-bond acceptors (Lipinski definition) is 6. The maximum absolute atomic E-state index is 11.0. The Bertz CT molecular complexity index is 848. The normalized spacial score (nSPS) is 12.6. The highest BCUT2D eigenvalue weighted by Crippen LogP contribution is 2.35. The second-order valence-electron chi connectivity index (χ2n) is 4.43. The van der Waals surface area contributed by atoms with Crippen LogP contribution in [0.3, 0.4) is 0 Å². The van der Waals surface area contributed by atoms with E-state index in [4.69, 9.17) is 14.0 Å². The molecule has 0 amide bonds. The van der Waals surface area contributed by atoms with Crippen molar-refractivity contribution in [3.05, 3.63) is 46.9 Å². The van der Waals surface area contributed by atoms with Gasteiger partial charge in [0.2, 0.25) is 18.2 Å². The number of fused-ring (bicyclic) bond motifs is 1. The number of H-pyrrole nitrogens is 1. The van der Waals surface area contributed by atoms with Crippen molar-refractivity contribution in [1.82, 2.24) is 15.1 Å². The van der Waals surface area contributed by atoms with Crippen LogP contribution < -0.4 is 15.0 Å². The highest BCUT2D eigenvalue weighted by Gasteiger charge is 2.17. The minimum atomic E-state index is -0.182. The summed E-state index contributed by atoms with van der Waals surface area (Å²) in [6, 6.07) is 8.44. The summed E-state index contributed by atoms with van der Waals surface area (Å²) < 4.78 is 15.8. The quantitative estimate of drug-likeness (QED) is 0.771. The van der Waals surface area contributed by atoms with Gasteiger partial charge in [-0.15, -0.1) is 0 Å². The molecule has 104 valence electrons. The van der Waals surface area contributed by atoms with Crippen LogP contribution in [0.15, 0.2) is 45.8 Å². The number of benzene rings is 1. The maximum Gasteiger partial charge on any atom is 0.258 e. The smallest absolute Gasteiger partial charge is 0.258 e. The fourth-order valence-electron chi connectivity index (χ4n) is 2.04. The summed E-state index contributed by atoms with van der Waals surface area (Å²) in [6.07, 6.45) is 1.54. The van der Waals surface area contributed by atoms with Crippen molar-refractivity contribution in [2.75, 3.05) is 6.79 Å². The highest BCUT2D eigenvalue weighted by molar-refractivity contribution is 5.62. The van der Waals surface area contributed by atoms with Gasteiger partial charge in [-0.1, -0.05) is 5.16 Å². The standard InChI is InChI=1S/C14H9N3O4/c18-12-4-2-9(6-15-12)13-16-14(21-17-13)8-1-3-10-11(5-8)20-7-19-10/h1-6H,7H2,(H,15,18). The first-order chi connectivity index (χ1) is 10.3. The van der Waals surface area contributed by atoms with Crippen molar-refractivity contribution < 1.29 is 14.0 Å². The number of pyridine rings is 1. The van der Waals surface area contributed by atoms with Gasteiger partial charge in [-0.05, 0) is 24.3 Å². The molecule has 21 heavy (non-hydrogen) atoms. The number of rotatable bonds is 2. The second kappa shape index (κ2) is 4.48. The molecule has 0 fully saturated rings. The van der Waals surface area contributed by atoms with Crippen molar-refractivity contribution >= 4 is 0 Å². The number of hydrogen-bond donors (Lipinski definition) is 1. The van der Waals surface area contributed by atoms with Crippen LogP contribution in [0.1, 0.15) is 0 Å². The Balaban J connectivity index is 1.71. The molecule has 0 atom stereocenters. The van der Waals surface area contributed by atoms with Gasteiger partial charge in [0.05, 0.1) is 0 Å². The molecule has 2 aromatic heterocycles. The largest absolute Gasteiger partial charge is 0.454 e. The molecule has 1 aliphatic rings. The van der Waals surface area contributed by atoms with Gasteiger partial charge >= 0.3 is 0 Å². The summed E-state index contributed by atoms with van der Waals surface area (Å²) in [6.45, 7) is 0.214. The van der Waals surface area contributed by atoms with Crippen molar-refractivity contribution in [2.45, 2.75) is 0 Å². The average Bonchev–Trinajstić information content (AvgIpc) is 3.16. The highest BCUT2D eigenvalue weighted by atomic mass is 16.7. The summed E-state index contributed by atoms with van der Waals surface area (Å²) in [5.74, 6) is 2.11. The lowest BCUT2D eigenvalue weighted by Gasteiger charge is -1.97. The molecule has 0 saturated heterocycles. The summed E-state index contributed by atoms with van der Waals surface area (Å²) in [5, 5.41) is 3.91. The van der Waals surface area contributed by atoms with E-state index >= 15 is 0 Å². The lowest BCUT2D eigenvalue weighted by atomic mass is 10.2. The second-order valence-corrected chi connectivity index (χ2v) is 4.43. The molecule has 7 nitrogen and oxygen atoms in total. The zero-order valence-electron chi connectivity index (χ0n) is 10.7. The van der Waals surface area contributed by atoms with Crippen molar-refractivity contribution in [3.63, 3.8) is 0 Å². The van der Waals surface area contributed by atoms with Gasteiger partial charge in [-0.3, -0.25) is 4.79 Å². The predicted molar refractivity (Wildman–Crippen MR) is 71.9 cm³/mol. The third kappa shape index (κ3) is 2.04. The lowest BCUT2D eigenvalue weighted by Crippen LogP contribution is -2.01. The van der Waals surface area contributed by atoms with Crippen molar-refractivity contribution in [2.24, 2.45) is 0 Å². The predicted octanol–water partition coefficient (Wildman–Crippen LogP) is 1.82. The molecule has 0 aliphatic carbocycles. The lowest BCUT2D eigenvalue weighted by molar-refractivity contribution is 0.174. The van der Waals surface area contributed by atoms with Crippen LogP contribution in [-0.4, -0.2) is 21.9 Å². The Labute approximate surface area is 118 Å². The molecule has 0 spiro atoms. The Morgan fingerprint density at radius 1 is 1.05 bits per heavy atom. The van der Waals surface area contributed by atoms with Gasteiger partial charge in [0, 0.05) is 23.4 Å². The number of aromatic nitrogens is 3. The number of nitrogens with one attached hydrogen (secondary N) is 1. The van der Waals surface area contributed by atoms with E-state index in [1.807, 2.05) is 6.07 Å². The van der Waals surface area contributed by atoms with Crippen LogP contribution in [0.25, 0.3) is 22.8 Å². The van der Waals surface area contributed by atoms with Gasteiger partial charge in [-0.2, -0.15) is 4.98 Å². The van der Waals surface area contributed by atoms with E-state index in [-0.39, 0.29) is 12.4 Å². The molecular weight excluding hydrogens is 274 g/mol. The molecule has 0 unspecified atom stereocenters. The third-order valence-corrected chi connectivity index (χ3v) is 3.09. The van der Waals surface area contributed by atoms with Crippen LogP contribution >= 0.6 is 0 Å². The van der Waals surface area contributed by atoms with E-state index in [9.17, 15) is 4.79 Å². The average molecular weight is 283 g/mol. The molecule has 3 heterocycles. The molecule has 7 heteroatoms. The summed E-state index contributed by atoms with van der Waals surface area (Å²) in [7, 11) is 0. The Morgan fingerprint density at radius 2 is 1.90 bits per heavy atom. The summed E-state index contributed by atoms with van der Waals surface area (Å²) in [5.41, 5.74) is 1.23. The number of ether oxygens (including phenoxy) is 2. The minimum Gasteiger partial charge on any atom is -0.454 e. The van der Waals surface area contributed by atoms with Gasteiger partial charge < -0.3 is 19.0 Å². The third-order valence-electron chi connectivity index (χ3n) is 3.09. The molecule has 4 rings (SSSR count). The van der Waals surface area contributed by atoms with Crippen LogP contribution in [0.4, 0.5) is 0 Å². The molecule has 1 aliphatic heterocycles. The zero-order valence-corrected chi connectivity index (χ0v) is 10.7. The molecule has 1 aromatic carbocycles. The first-order valence-electron chi connectivity index (χ1n) is 6.22. The topological polar surface area (TPSA) is 90.2 Å². The van der Waals surface area contributed by atoms with E-state index in [0.717, 1.165) is 5.56 Å². The number of aromatic amines is 1. The summed E-state index contributed by atoms with van der Waals surface area (Å²) >= 11 is 0. The fourth-order valence-corrected chi connectivity index (χ4v) is 2.04. The van der Waals surface area contributed by atoms with Crippen LogP contribution in [-0.2, 0) is 0 Å². The van der Waals surface area contributed by atoms with E-state index in [1.165, 1.54) is 12.3 Å². The van der Waals surface area contributed by atoms with Crippen LogP contribution in [0.5, 0.6) is 11.5 Å². The molecule has 1 N–H and O–H groups in total. The molecule has 0 saturated carbocycles. The minimum absolute atomic E-state index is 0.182. The first-order valence-corrected chi connectivity index (χ1v) is 6.22. The maximum atomic E-state index is 11.0. The van der Waals surface area contributed by atoms with E-state index in [2.05, 4.69) is 15.1 Å². The molecule has 3 aromatic rings. The van der Waals surface area contributed by atoms with Crippen LogP contribution in [0, 0.1) is 0 Å². The summed E-state index contributed by atoms with van der Waals surface area (Å²) in [4.78, 5) is 17.9. The van der Waals surface area contributed by atoms with Gasteiger partial charge in [0.1, 0.15) is 0 Å². The first kappa shape index (κ1) is 11.7. The van der Waals surface area contributed by atoms with Gasteiger partial charge in [-0.25, -0.2) is 0 Å². The van der Waals surface area contributed by atoms with Crippen molar-refractivity contribution in [3.8, 4) is 34.3 Å². The molecule has 0 radical (unpaired) electrons. The van der Waals surface area contributed by atoms with Gasteiger partial charge in [0.15, 0.2) is 11.5 Å². The monoisotopic (exact) mass is 283 g/mol. The van der Waals surface area contributed by atoms with Crippen LogP contribution in [0.2, 0.25) is 0 Å². The van der Waals surface area contributed by atoms with E-state index in [1.54, 1.807) is 18.2 Å². The zero-order chi connectivity index (χ0) is 14.2. The Hall–Kier alpha value is -3.09. The number of nitrogens with zero attached hydrogens (tertiary/aromatic N) is 2. The molecular formula is C14H9N3O4. The fraction of sp³-hybridized carbons (Fsp3) is 0.0714. The van der Waals surface area contributed by atoms with E-state index < -0.39 is 0 Å². The SMILES string of the molecule is O=c1ccc(-c2noc(-c3ccc4c(c3)OCO4)n2)c[nH]1. The van der Waals surface area contributed by atoms with Gasteiger partial charge in [0.25, 0.3) is 5.89 Å². The molecule has 0 bridgehead atoms. The Morgan fingerprint density at radius 3 is 2.76 bits per heavy atom. The van der Waals surface area contributed by atoms with Crippen molar-refractivity contribution in [1.29, 1.82) is 0 Å². The van der Waals surface area contributed by atoms with E-state index in [0.29, 0.717) is 28.8 Å².